The maximum Gasteiger partial charge on any atom is 0.238 e. The van der Waals surface area contributed by atoms with E-state index in [1.54, 1.807) is 19.1 Å². The summed E-state index contributed by atoms with van der Waals surface area (Å²) in [7, 11) is -1.18. The van der Waals surface area contributed by atoms with Crippen molar-refractivity contribution < 1.29 is 22.7 Å². The van der Waals surface area contributed by atoms with Crippen LogP contribution in [-0.2, 0) is 10.0 Å². The van der Waals surface area contributed by atoms with Crippen molar-refractivity contribution in [3.8, 4) is 11.5 Å². The Morgan fingerprint density at radius 3 is 2.31 bits per heavy atom. The Balaban J connectivity index is 2.78. The molecule has 2 aromatic rings. The van der Waals surface area contributed by atoms with Gasteiger partial charge < -0.3 is 15.2 Å². The van der Waals surface area contributed by atoms with Crippen molar-refractivity contribution in [1.29, 1.82) is 0 Å². The SMILES string of the molecule is COc1ccc(C(C)N)c(C(=O)c2cc(S(N)(=O)=O)ccc2Cl)c1OC. The predicted molar refractivity (Wildman–Crippen MR) is 98.4 cm³/mol. The van der Waals surface area contributed by atoms with Gasteiger partial charge in [0, 0.05) is 11.6 Å². The highest BCUT2D eigenvalue weighted by Crippen LogP contribution is 2.38. The molecule has 2 rings (SSSR count). The molecule has 140 valence electrons. The third kappa shape index (κ3) is 3.83. The lowest BCUT2D eigenvalue weighted by Gasteiger charge is -2.18. The molecule has 0 aliphatic rings. The van der Waals surface area contributed by atoms with Crippen molar-refractivity contribution in [1.82, 2.24) is 0 Å². The van der Waals surface area contributed by atoms with Crippen LogP contribution in [0.15, 0.2) is 35.2 Å². The molecule has 9 heteroatoms. The number of ketones is 1. The standard InChI is InChI=1S/C17H19ClN2O5S/c1-9(19)11-5-7-14(24-2)17(25-3)15(11)16(21)12-8-10(26(20,22)23)4-6-13(12)18/h4-9H,19H2,1-3H3,(H2,20,22,23). The van der Waals surface area contributed by atoms with Crippen molar-refractivity contribution >= 4 is 27.4 Å². The largest absolute Gasteiger partial charge is 0.493 e. The number of carbonyl (C=O) groups is 1. The Morgan fingerprint density at radius 1 is 1.15 bits per heavy atom. The normalized spacial score (nSPS) is 12.5. The molecule has 0 amide bonds. The molecule has 0 radical (unpaired) electrons. The summed E-state index contributed by atoms with van der Waals surface area (Å²) < 4.78 is 33.8. The number of carbonyl (C=O) groups excluding carboxylic acids is 1. The molecular formula is C17H19ClN2O5S. The first kappa shape index (κ1) is 20.2. The lowest BCUT2D eigenvalue weighted by molar-refractivity contribution is 0.103. The van der Waals surface area contributed by atoms with Crippen LogP contribution in [0, 0.1) is 0 Å². The van der Waals surface area contributed by atoms with E-state index in [2.05, 4.69) is 0 Å². The molecule has 0 fully saturated rings. The summed E-state index contributed by atoms with van der Waals surface area (Å²) in [5.41, 5.74) is 6.60. The first-order chi connectivity index (χ1) is 12.1. The molecule has 4 N–H and O–H groups in total. The van der Waals surface area contributed by atoms with Gasteiger partial charge in [0.05, 0.1) is 29.7 Å². The minimum Gasteiger partial charge on any atom is -0.493 e. The van der Waals surface area contributed by atoms with E-state index in [1.165, 1.54) is 26.4 Å². The number of methoxy groups -OCH3 is 2. The number of ether oxygens (including phenoxy) is 2. The smallest absolute Gasteiger partial charge is 0.238 e. The van der Waals surface area contributed by atoms with Gasteiger partial charge in [-0.3, -0.25) is 4.79 Å². The first-order valence-corrected chi connectivity index (χ1v) is 9.41. The van der Waals surface area contributed by atoms with Crippen molar-refractivity contribution in [3.05, 3.63) is 52.0 Å². The Labute approximate surface area is 156 Å². The summed E-state index contributed by atoms with van der Waals surface area (Å²) in [6, 6.07) is 6.45. The second kappa shape index (κ2) is 7.63. The van der Waals surface area contributed by atoms with Gasteiger partial charge in [0.1, 0.15) is 0 Å². The third-order valence-electron chi connectivity index (χ3n) is 3.81. The number of nitrogens with two attached hydrogens (primary N) is 2. The third-order valence-corrected chi connectivity index (χ3v) is 5.05. The molecule has 26 heavy (non-hydrogen) atoms. The molecule has 0 aliphatic carbocycles. The summed E-state index contributed by atoms with van der Waals surface area (Å²) >= 11 is 6.13. The van der Waals surface area contributed by atoms with E-state index >= 15 is 0 Å². The van der Waals surface area contributed by atoms with Gasteiger partial charge in [0.2, 0.25) is 10.0 Å². The van der Waals surface area contributed by atoms with Crippen LogP contribution in [0.1, 0.15) is 34.5 Å². The van der Waals surface area contributed by atoms with Gasteiger partial charge in [-0.1, -0.05) is 17.7 Å². The predicted octanol–water partition coefficient (Wildman–Crippen LogP) is 2.26. The molecule has 0 heterocycles. The minimum atomic E-state index is -4.00. The summed E-state index contributed by atoms with van der Waals surface area (Å²) in [6.45, 7) is 1.71. The fourth-order valence-corrected chi connectivity index (χ4v) is 3.29. The molecule has 0 spiro atoms. The Kier molecular flexibility index (Phi) is 5.92. The van der Waals surface area contributed by atoms with Crippen LogP contribution in [0.5, 0.6) is 11.5 Å². The first-order valence-electron chi connectivity index (χ1n) is 7.49. The van der Waals surface area contributed by atoms with Gasteiger partial charge in [0.25, 0.3) is 0 Å². The van der Waals surface area contributed by atoms with E-state index in [9.17, 15) is 13.2 Å². The van der Waals surface area contributed by atoms with E-state index in [-0.39, 0.29) is 26.8 Å². The van der Waals surface area contributed by atoms with Gasteiger partial charge in [-0.2, -0.15) is 0 Å². The zero-order chi connectivity index (χ0) is 19.6. The number of rotatable bonds is 6. The molecule has 0 saturated heterocycles. The van der Waals surface area contributed by atoms with Crippen LogP contribution in [0.25, 0.3) is 0 Å². The molecular weight excluding hydrogens is 380 g/mol. The van der Waals surface area contributed by atoms with E-state index in [4.69, 9.17) is 31.9 Å². The zero-order valence-corrected chi connectivity index (χ0v) is 16.0. The topological polar surface area (TPSA) is 122 Å². The summed E-state index contributed by atoms with van der Waals surface area (Å²) in [5, 5.41) is 5.22. The second-order valence-corrected chi connectivity index (χ2v) is 7.54. The van der Waals surface area contributed by atoms with Crippen LogP contribution in [0.4, 0.5) is 0 Å². The zero-order valence-electron chi connectivity index (χ0n) is 14.4. The van der Waals surface area contributed by atoms with E-state index in [0.29, 0.717) is 11.3 Å². The molecule has 1 unspecified atom stereocenters. The van der Waals surface area contributed by atoms with Gasteiger partial charge in [-0.05, 0) is 36.8 Å². The van der Waals surface area contributed by atoms with Gasteiger partial charge in [0.15, 0.2) is 17.3 Å². The number of hydrogen-bond acceptors (Lipinski definition) is 6. The van der Waals surface area contributed by atoms with Crippen LogP contribution < -0.4 is 20.3 Å². The number of halogens is 1. The van der Waals surface area contributed by atoms with Crippen LogP contribution >= 0.6 is 11.6 Å². The van der Waals surface area contributed by atoms with Gasteiger partial charge >= 0.3 is 0 Å². The summed E-state index contributed by atoms with van der Waals surface area (Å²) in [4.78, 5) is 13.0. The number of hydrogen-bond donors (Lipinski definition) is 2. The van der Waals surface area contributed by atoms with Gasteiger partial charge in [-0.15, -0.1) is 0 Å². The molecule has 0 aliphatic heterocycles. The fraction of sp³-hybridized carbons (Fsp3) is 0.235. The fourth-order valence-electron chi connectivity index (χ4n) is 2.55. The van der Waals surface area contributed by atoms with Gasteiger partial charge in [-0.25, -0.2) is 13.6 Å². The highest BCUT2D eigenvalue weighted by Gasteiger charge is 2.26. The van der Waals surface area contributed by atoms with Crippen LogP contribution in [-0.4, -0.2) is 28.4 Å². The number of benzene rings is 2. The summed E-state index contributed by atoms with van der Waals surface area (Å²) in [6.07, 6.45) is 0. The molecule has 0 saturated carbocycles. The van der Waals surface area contributed by atoms with E-state index < -0.39 is 21.8 Å². The van der Waals surface area contributed by atoms with Crippen molar-refractivity contribution in [2.24, 2.45) is 10.9 Å². The van der Waals surface area contributed by atoms with Crippen molar-refractivity contribution in [2.75, 3.05) is 14.2 Å². The minimum absolute atomic E-state index is 0.0355. The van der Waals surface area contributed by atoms with Crippen LogP contribution in [0.3, 0.4) is 0 Å². The van der Waals surface area contributed by atoms with Crippen LogP contribution in [0.2, 0.25) is 5.02 Å². The molecule has 0 aromatic heterocycles. The average molecular weight is 399 g/mol. The monoisotopic (exact) mass is 398 g/mol. The second-order valence-electron chi connectivity index (χ2n) is 5.57. The molecule has 0 bridgehead atoms. The van der Waals surface area contributed by atoms with Crippen molar-refractivity contribution in [3.63, 3.8) is 0 Å². The summed E-state index contributed by atoms with van der Waals surface area (Å²) in [5.74, 6) is -0.0353. The average Bonchev–Trinajstić information content (AvgIpc) is 2.58. The van der Waals surface area contributed by atoms with Crippen molar-refractivity contribution in [2.45, 2.75) is 17.9 Å². The number of primary sulfonamides is 1. The Hall–Kier alpha value is -2.13. The van der Waals surface area contributed by atoms with E-state index in [0.717, 1.165) is 6.07 Å². The Morgan fingerprint density at radius 2 is 1.81 bits per heavy atom. The quantitative estimate of drug-likeness (QED) is 0.719. The lowest BCUT2D eigenvalue weighted by Crippen LogP contribution is -2.16. The Bertz CT molecular complexity index is 958. The maximum absolute atomic E-state index is 13.2. The van der Waals surface area contributed by atoms with E-state index in [1.807, 2.05) is 0 Å². The maximum atomic E-state index is 13.2. The molecule has 1 atom stereocenters. The highest BCUT2D eigenvalue weighted by atomic mass is 35.5. The highest BCUT2D eigenvalue weighted by molar-refractivity contribution is 7.89. The molecule has 7 nitrogen and oxygen atoms in total. The molecule has 2 aromatic carbocycles. The lowest BCUT2D eigenvalue weighted by atomic mass is 9.93. The number of sulfonamides is 1.